The molecule has 0 fully saturated rings. The minimum absolute atomic E-state index is 0.0777. The SMILES string of the molecule is CCc1cc(NC2CCCc3ccc(F)cc32)n2ncnc2n1. The van der Waals surface area contributed by atoms with Gasteiger partial charge < -0.3 is 5.32 Å². The lowest BCUT2D eigenvalue weighted by molar-refractivity contribution is 0.577. The van der Waals surface area contributed by atoms with E-state index in [1.165, 1.54) is 11.9 Å². The Kier molecular flexibility index (Phi) is 3.44. The monoisotopic (exact) mass is 311 g/mol. The highest BCUT2D eigenvalue weighted by molar-refractivity contribution is 5.48. The van der Waals surface area contributed by atoms with E-state index in [2.05, 4.69) is 27.3 Å². The highest BCUT2D eigenvalue weighted by atomic mass is 19.1. The Balaban J connectivity index is 1.75. The summed E-state index contributed by atoms with van der Waals surface area (Å²) in [6, 6.07) is 7.16. The second kappa shape index (κ2) is 5.61. The molecule has 0 saturated carbocycles. The number of nitrogens with one attached hydrogen (secondary N) is 1. The lowest BCUT2D eigenvalue weighted by Gasteiger charge is -2.27. The first-order valence-corrected chi connectivity index (χ1v) is 7.99. The van der Waals surface area contributed by atoms with E-state index in [1.54, 1.807) is 16.6 Å². The van der Waals surface area contributed by atoms with Crippen molar-refractivity contribution in [3.8, 4) is 0 Å². The average Bonchev–Trinajstić information content (AvgIpc) is 3.04. The summed E-state index contributed by atoms with van der Waals surface area (Å²) in [5, 5.41) is 7.76. The van der Waals surface area contributed by atoms with Crippen molar-refractivity contribution < 1.29 is 4.39 Å². The zero-order valence-corrected chi connectivity index (χ0v) is 13.0. The molecule has 0 amide bonds. The van der Waals surface area contributed by atoms with Crippen LogP contribution in [0.2, 0.25) is 0 Å². The molecule has 0 aliphatic heterocycles. The highest BCUT2D eigenvalue weighted by Crippen LogP contribution is 2.33. The van der Waals surface area contributed by atoms with Gasteiger partial charge in [-0.1, -0.05) is 13.0 Å². The van der Waals surface area contributed by atoms with Gasteiger partial charge in [0.2, 0.25) is 0 Å². The van der Waals surface area contributed by atoms with Gasteiger partial charge in [-0.15, -0.1) is 0 Å². The molecule has 5 nitrogen and oxygen atoms in total. The van der Waals surface area contributed by atoms with Crippen LogP contribution in [0.4, 0.5) is 10.2 Å². The second-order valence-corrected chi connectivity index (χ2v) is 5.89. The van der Waals surface area contributed by atoms with Crippen LogP contribution in [0.3, 0.4) is 0 Å². The van der Waals surface area contributed by atoms with E-state index >= 15 is 0 Å². The van der Waals surface area contributed by atoms with Gasteiger partial charge in [-0.05, 0) is 48.9 Å². The number of halogens is 1. The summed E-state index contributed by atoms with van der Waals surface area (Å²) >= 11 is 0. The van der Waals surface area contributed by atoms with Gasteiger partial charge >= 0.3 is 0 Å². The molecule has 1 atom stereocenters. The largest absolute Gasteiger partial charge is 0.363 e. The van der Waals surface area contributed by atoms with Crippen LogP contribution in [-0.2, 0) is 12.8 Å². The molecular weight excluding hydrogens is 293 g/mol. The van der Waals surface area contributed by atoms with Crippen molar-refractivity contribution in [2.45, 2.75) is 38.6 Å². The molecule has 2 heterocycles. The van der Waals surface area contributed by atoms with E-state index < -0.39 is 0 Å². The minimum Gasteiger partial charge on any atom is -0.363 e. The molecule has 1 N–H and O–H groups in total. The fourth-order valence-electron chi connectivity index (χ4n) is 3.24. The smallest absolute Gasteiger partial charge is 0.254 e. The predicted molar refractivity (Wildman–Crippen MR) is 85.9 cm³/mol. The Morgan fingerprint density at radius 3 is 3.13 bits per heavy atom. The summed E-state index contributed by atoms with van der Waals surface area (Å²) in [6.07, 6.45) is 5.39. The van der Waals surface area contributed by atoms with E-state index in [9.17, 15) is 4.39 Å². The molecule has 1 aliphatic rings. The molecule has 0 spiro atoms. The van der Waals surface area contributed by atoms with Crippen molar-refractivity contribution in [1.82, 2.24) is 19.6 Å². The predicted octanol–water partition coefficient (Wildman–Crippen LogP) is 3.32. The van der Waals surface area contributed by atoms with Crippen molar-refractivity contribution in [3.63, 3.8) is 0 Å². The first-order valence-electron chi connectivity index (χ1n) is 7.99. The van der Waals surface area contributed by atoms with Crippen molar-refractivity contribution >= 4 is 11.6 Å². The molecule has 0 saturated heterocycles. The number of nitrogens with zero attached hydrogens (tertiary/aromatic N) is 4. The van der Waals surface area contributed by atoms with E-state index in [0.29, 0.717) is 5.78 Å². The molecule has 1 aromatic carbocycles. The van der Waals surface area contributed by atoms with Gasteiger partial charge in [-0.3, -0.25) is 0 Å². The van der Waals surface area contributed by atoms with Gasteiger partial charge in [-0.25, -0.2) is 9.37 Å². The summed E-state index contributed by atoms with van der Waals surface area (Å²) < 4.78 is 15.4. The number of fused-ring (bicyclic) bond motifs is 2. The van der Waals surface area contributed by atoms with Gasteiger partial charge in [0, 0.05) is 11.8 Å². The van der Waals surface area contributed by atoms with Gasteiger partial charge in [-0.2, -0.15) is 14.6 Å². The standard InChI is InChI=1S/C17H18FN5/c1-2-13-9-16(23-17(21-13)19-10-20-23)22-15-5-3-4-11-6-7-12(18)8-14(11)15/h6-10,15,22H,2-5H2,1H3. The summed E-state index contributed by atoms with van der Waals surface area (Å²) in [5.74, 6) is 1.25. The normalized spacial score (nSPS) is 17.2. The number of aromatic nitrogens is 4. The summed E-state index contributed by atoms with van der Waals surface area (Å²) in [5.41, 5.74) is 3.22. The molecule has 3 aromatic rings. The maximum atomic E-state index is 13.7. The third-order valence-electron chi connectivity index (χ3n) is 4.41. The first-order chi connectivity index (χ1) is 11.2. The van der Waals surface area contributed by atoms with Crippen molar-refractivity contribution in [3.05, 3.63) is 53.2 Å². The molecule has 2 aromatic heterocycles. The fraction of sp³-hybridized carbons (Fsp3) is 0.353. The van der Waals surface area contributed by atoms with Crippen molar-refractivity contribution in [2.24, 2.45) is 0 Å². The van der Waals surface area contributed by atoms with Crippen LogP contribution < -0.4 is 5.32 Å². The second-order valence-electron chi connectivity index (χ2n) is 5.89. The Hall–Kier alpha value is -2.50. The van der Waals surface area contributed by atoms with Crippen LogP contribution in [0, 0.1) is 5.82 Å². The van der Waals surface area contributed by atoms with E-state index in [0.717, 1.165) is 42.8 Å². The molecule has 6 heteroatoms. The molecule has 23 heavy (non-hydrogen) atoms. The molecule has 0 bridgehead atoms. The summed E-state index contributed by atoms with van der Waals surface area (Å²) in [7, 11) is 0. The van der Waals surface area contributed by atoms with Crippen molar-refractivity contribution in [2.75, 3.05) is 5.32 Å². The Morgan fingerprint density at radius 2 is 2.26 bits per heavy atom. The zero-order chi connectivity index (χ0) is 15.8. The zero-order valence-electron chi connectivity index (χ0n) is 13.0. The minimum atomic E-state index is -0.188. The number of aryl methyl sites for hydroxylation is 2. The average molecular weight is 311 g/mol. The maximum absolute atomic E-state index is 13.7. The summed E-state index contributed by atoms with van der Waals surface area (Å²) in [4.78, 5) is 8.64. The number of anilines is 1. The molecule has 0 radical (unpaired) electrons. The third-order valence-corrected chi connectivity index (χ3v) is 4.41. The molecule has 1 unspecified atom stereocenters. The van der Waals surface area contributed by atoms with Crippen LogP contribution >= 0.6 is 0 Å². The van der Waals surface area contributed by atoms with Crippen LogP contribution in [0.1, 0.15) is 42.6 Å². The lowest BCUT2D eigenvalue weighted by Crippen LogP contribution is -2.19. The highest BCUT2D eigenvalue weighted by Gasteiger charge is 2.22. The molecule has 4 rings (SSSR count). The van der Waals surface area contributed by atoms with Gasteiger partial charge in [0.05, 0.1) is 6.04 Å². The van der Waals surface area contributed by atoms with E-state index in [1.807, 2.05) is 12.1 Å². The molecule has 118 valence electrons. The fourth-order valence-corrected chi connectivity index (χ4v) is 3.24. The molecular formula is C17H18FN5. The van der Waals surface area contributed by atoms with Crippen LogP contribution in [0.25, 0.3) is 5.78 Å². The maximum Gasteiger partial charge on any atom is 0.254 e. The lowest BCUT2D eigenvalue weighted by atomic mass is 9.87. The number of rotatable bonds is 3. The number of hydrogen-bond acceptors (Lipinski definition) is 4. The van der Waals surface area contributed by atoms with E-state index in [-0.39, 0.29) is 11.9 Å². The Bertz CT molecular complexity index is 857. The summed E-state index contributed by atoms with van der Waals surface area (Å²) in [6.45, 7) is 2.06. The van der Waals surface area contributed by atoms with Crippen LogP contribution in [0.15, 0.2) is 30.6 Å². The van der Waals surface area contributed by atoms with Gasteiger partial charge in [0.15, 0.2) is 0 Å². The number of benzene rings is 1. The Labute approximate surface area is 133 Å². The first kappa shape index (κ1) is 14.1. The van der Waals surface area contributed by atoms with Crippen LogP contribution in [-0.4, -0.2) is 19.6 Å². The van der Waals surface area contributed by atoms with Gasteiger partial charge in [0.1, 0.15) is 18.0 Å². The molecule has 1 aliphatic carbocycles. The topological polar surface area (TPSA) is 55.1 Å². The Morgan fingerprint density at radius 1 is 1.35 bits per heavy atom. The van der Waals surface area contributed by atoms with Gasteiger partial charge in [0.25, 0.3) is 5.78 Å². The quantitative estimate of drug-likeness (QED) is 0.806. The third kappa shape index (κ3) is 2.54. The van der Waals surface area contributed by atoms with Crippen LogP contribution in [0.5, 0.6) is 0 Å². The van der Waals surface area contributed by atoms with E-state index in [4.69, 9.17) is 0 Å². The van der Waals surface area contributed by atoms with Crippen molar-refractivity contribution in [1.29, 1.82) is 0 Å². The number of hydrogen-bond donors (Lipinski definition) is 1.